The molecule has 1 amide bonds. The first-order chi connectivity index (χ1) is 14.7. The minimum Gasteiger partial charge on any atom is -0.489 e. The molecule has 150 valence electrons. The summed E-state index contributed by atoms with van der Waals surface area (Å²) in [6.45, 7) is 2.59. The van der Waals surface area contributed by atoms with Gasteiger partial charge in [-0.2, -0.15) is 0 Å². The van der Waals surface area contributed by atoms with Crippen LogP contribution >= 0.6 is 11.3 Å². The van der Waals surface area contributed by atoms with Crippen molar-refractivity contribution in [1.29, 1.82) is 0 Å². The SMILES string of the molecule is CCc1ccc(-c2csc(NC(=O)c3cccc(OCc4ccccc4)c3)n2)cc1. The van der Waals surface area contributed by atoms with Gasteiger partial charge in [0.15, 0.2) is 5.13 Å². The topological polar surface area (TPSA) is 51.2 Å². The van der Waals surface area contributed by atoms with E-state index in [4.69, 9.17) is 4.74 Å². The van der Waals surface area contributed by atoms with Crippen molar-refractivity contribution in [2.24, 2.45) is 0 Å². The molecule has 0 saturated heterocycles. The quantitative estimate of drug-likeness (QED) is 0.391. The Bertz CT molecular complexity index is 1120. The van der Waals surface area contributed by atoms with Crippen molar-refractivity contribution in [3.63, 3.8) is 0 Å². The Kier molecular flexibility index (Phi) is 6.20. The molecule has 0 bridgehead atoms. The number of rotatable bonds is 7. The van der Waals surface area contributed by atoms with Crippen LogP contribution in [0.1, 0.15) is 28.4 Å². The number of aryl methyl sites for hydroxylation is 1. The van der Waals surface area contributed by atoms with Gasteiger partial charge >= 0.3 is 0 Å². The molecule has 0 atom stereocenters. The van der Waals surface area contributed by atoms with Gasteiger partial charge in [-0.05, 0) is 35.7 Å². The van der Waals surface area contributed by atoms with E-state index in [-0.39, 0.29) is 5.91 Å². The summed E-state index contributed by atoms with van der Waals surface area (Å²) in [5, 5.41) is 5.41. The standard InChI is InChI=1S/C25H22N2O2S/c1-2-18-11-13-20(14-12-18)23-17-30-25(26-23)27-24(28)21-9-6-10-22(15-21)29-16-19-7-4-3-5-8-19/h3-15,17H,2,16H2,1H3,(H,26,27,28). The van der Waals surface area contributed by atoms with E-state index in [1.165, 1.54) is 16.9 Å². The molecule has 30 heavy (non-hydrogen) atoms. The van der Waals surface area contributed by atoms with Gasteiger partial charge < -0.3 is 4.74 Å². The van der Waals surface area contributed by atoms with E-state index in [1.54, 1.807) is 12.1 Å². The summed E-state index contributed by atoms with van der Waals surface area (Å²) >= 11 is 1.41. The van der Waals surface area contributed by atoms with E-state index < -0.39 is 0 Å². The van der Waals surface area contributed by atoms with E-state index in [9.17, 15) is 4.79 Å². The highest BCUT2D eigenvalue weighted by molar-refractivity contribution is 7.14. The van der Waals surface area contributed by atoms with Gasteiger partial charge in [0.1, 0.15) is 12.4 Å². The van der Waals surface area contributed by atoms with E-state index in [0.29, 0.717) is 23.1 Å². The largest absolute Gasteiger partial charge is 0.489 e. The van der Waals surface area contributed by atoms with Crippen molar-refractivity contribution in [1.82, 2.24) is 4.98 Å². The molecule has 0 fully saturated rings. The second kappa shape index (κ2) is 9.37. The fourth-order valence-electron chi connectivity index (χ4n) is 3.01. The number of aromatic nitrogens is 1. The van der Waals surface area contributed by atoms with Crippen molar-refractivity contribution in [3.8, 4) is 17.0 Å². The zero-order chi connectivity index (χ0) is 20.8. The van der Waals surface area contributed by atoms with Crippen LogP contribution in [0, 0.1) is 0 Å². The van der Waals surface area contributed by atoms with E-state index in [2.05, 4.69) is 41.5 Å². The van der Waals surface area contributed by atoms with Crippen molar-refractivity contribution in [3.05, 3.63) is 101 Å². The van der Waals surface area contributed by atoms with Crippen LogP contribution in [-0.2, 0) is 13.0 Å². The zero-order valence-electron chi connectivity index (χ0n) is 16.7. The number of benzene rings is 3. The molecular formula is C25H22N2O2S. The lowest BCUT2D eigenvalue weighted by Crippen LogP contribution is -2.11. The summed E-state index contributed by atoms with van der Waals surface area (Å²) in [6.07, 6.45) is 1.01. The maximum atomic E-state index is 12.7. The van der Waals surface area contributed by atoms with Gasteiger partial charge in [0, 0.05) is 16.5 Å². The lowest BCUT2D eigenvalue weighted by molar-refractivity contribution is 0.102. The fourth-order valence-corrected chi connectivity index (χ4v) is 3.73. The molecule has 5 heteroatoms. The zero-order valence-corrected chi connectivity index (χ0v) is 17.5. The van der Waals surface area contributed by atoms with Crippen molar-refractivity contribution < 1.29 is 9.53 Å². The molecule has 1 heterocycles. The van der Waals surface area contributed by atoms with Gasteiger partial charge in [0.05, 0.1) is 5.69 Å². The summed E-state index contributed by atoms with van der Waals surface area (Å²) in [7, 11) is 0. The predicted octanol–water partition coefficient (Wildman–Crippen LogP) is 6.20. The third-order valence-corrected chi connectivity index (χ3v) is 5.48. The number of nitrogens with one attached hydrogen (secondary N) is 1. The van der Waals surface area contributed by atoms with Crippen LogP contribution in [0.5, 0.6) is 5.75 Å². The molecule has 4 rings (SSSR count). The van der Waals surface area contributed by atoms with Gasteiger partial charge in [0.2, 0.25) is 0 Å². The van der Waals surface area contributed by atoms with E-state index >= 15 is 0 Å². The van der Waals surface area contributed by atoms with Gasteiger partial charge in [-0.25, -0.2) is 4.98 Å². The maximum Gasteiger partial charge on any atom is 0.257 e. The van der Waals surface area contributed by atoms with Crippen molar-refractivity contribution >= 4 is 22.4 Å². The summed E-state index contributed by atoms with van der Waals surface area (Å²) in [4.78, 5) is 17.2. The average molecular weight is 415 g/mol. The lowest BCUT2D eigenvalue weighted by Gasteiger charge is -2.08. The summed E-state index contributed by atoms with van der Waals surface area (Å²) in [6, 6.07) is 25.4. The molecular weight excluding hydrogens is 392 g/mol. The third kappa shape index (κ3) is 4.93. The van der Waals surface area contributed by atoms with Crippen LogP contribution in [0.25, 0.3) is 11.3 Å². The maximum absolute atomic E-state index is 12.7. The first kappa shape index (κ1) is 19.9. The average Bonchev–Trinajstić information content (AvgIpc) is 3.27. The van der Waals surface area contributed by atoms with Crippen LogP contribution in [-0.4, -0.2) is 10.9 Å². The Balaban J connectivity index is 1.41. The number of thiazole rings is 1. The second-order valence-corrected chi connectivity index (χ2v) is 7.70. The lowest BCUT2D eigenvalue weighted by atomic mass is 10.1. The number of nitrogens with zero attached hydrogens (tertiary/aromatic N) is 1. The monoisotopic (exact) mass is 414 g/mol. The first-order valence-corrected chi connectivity index (χ1v) is 10.7. The Morgan fingerprint density at radius 1 is 0.967 bits per heavy atom. The van der Waals surface area contributed by atoms with Gasteiger partial charge in [-0.15, -0.1) is 11.3 Å². The Hall–Kier alpha value is -3.44. The molecule has 0 aliphatic rings. The number of carbonyl (C=O) groups is 1. The van der Waals surface area contributed by atoms with Gasteiger partial charge in [-0.1, -0.05) is 67.6 Å². The molecule has 0 radical (unpaired) electrons. The van der Waals surface area contributed by atoms with Crippen LogP contribution < -0.4 is 10.1 Å². The molecule has 0 aliphatic carbocycles. The van der Waals surface area contributed by atoms with Crippen LogP contribution in [0.15, 0.2) is 84.2 Å². The highest BCUT2D eigenvalue weighted by Gasteiger charge is 2.11. The Labute approximate surface area is 180 Å². The highest BCUT2D eigenvalue weighted by Crippen LogP contribution is 2.26. The van der Waals surface area contributed by atoms with Crippen LogP contribution in [0.2, 0.25) is 0 Å². The molecule has 3 aromatic carbocycles. The molecule has 0 saturated carbocycles. The molecule has 4 aromatic rings. The van der Waals surface area contributed by atoms with E-state index in [0.717, 1.165) is 23.2 Å². The summed E-state index contributed by atoms with van der Waals surface area (Å²) in [5.41, 5.74) is 4.80. The molecule has 0 unspecified atom stereocenters. The number of hydrogen-bond donors (Lipinski definition) is 1. The minimum absolute atomic E-state index is 0.206. The van der Waals surface area contributed by atoms with Gasteiger partial charge in [-0.3, -0.25) is 10.1 Å². The molecule has 4 nitrogen and oxygen atoms in total. The number of carbonyl (C=O) groups excluding carboxylic acids is 1. The van der Waals surface area contributed by atoms with Crippen LogP contribution in [0.4, 0.5) is 5.13 Å². The smallest absolute Gasteiger partial charge is 0.257 e. The number of ether oxygens (including phenoxy) is 1. The van der Waals surface area contributed by atoms with Gasteiger partial charge in [0.25, 0.3) is 5.91 Å². The summed E-state index contributed by atoms with van der Waals surface area (Å²) in [5.74, 6) is 0.449. The number of hydrogen-bond acceptors (Lipinski definition) is 4. The number of anilines is 1. The predicted molar refractivity (Wildman–Crippen MR) is 122 cm³/mol. The molecule has 1 aromatic heterocycles. The Morgan fingerprint density at radius 3 is 2.53 bits per heavy atom. The minimum atomic E-state index is -0.206. The third-order valence-electron chi connectivity index (χ3n) is 4.73. The highest BCUT2D eigenvalue weighted by atomic mass is 32.1. The number of amides is 1. The van der Waals surface area contributed by atoms with E-state index in [1.807, 2.05) is 47.8 Å². The fraction of sp³-hybridized carbons (Fsp3) is 0.120. The second-order valence-electron chi connectivity index (χ2n) is 6.84. The first-order valence-electron chi connectivity index (χ1n) is 9.84. The molecule has 0 spiro atoms. The molecule has 0 aliphatic heterocycles. The van der Waals surface area contributed by atoms with Crippen molar-refractivity contribution in [2.75, 3.05) is 5.32 Å². The van der Waals surface area contributed by atoms with Crippen LogP contribution in [0.3, 0.4) is 0 Å². The van der Waals surface area contributed by atoms with Crippen molar-refractivity contribution in [2.45, 2.75) is 20.0 Å². The normalized spacial score (nSPS) is 10.6. The molecule has 1 N–H and O–H groups in total. The summed E-state index contributed by atoms with van der Waals surface area (Å²) < 4.78 is 5.82. The Morgan fingerprint density at radius 2 is 1.77 bits per heavy atom.